The Kier molecular flexibility index (Phi) is 6.95. The number of likely N-dealkylation sites (tertiary alicyclic amines) is 2. The van der Waals surface area contributed by atoms with Crippen LogP contribution in [0.3, 0.4) is 0 Å². The summed E-state index contributed by atoms with van der Waals surface area (Å²) in [6.07, 6.45) is 7.72. The normalized spacial score (nSPS) is 19.5. The molecule has 4 nitrogen and oxygen atoms in total. The van der Waals surface area contributed by atoms with E-state index >= 15 is 0 Å². The summed E-state index contributed by atoms with van der Waals surface area (Å²) in [6.45, 7) is 9.85. The van der Waals surface area contributed by atoms with Gasteiger partial charge in [0, 0.05) is 13.1 Å². The highest BCUT2D eigenvalue weighted by molar-refractivity contribution is 5.77. The number of aryl methyl sites for hydroxylation is 2. The molecule has 0 atom stereocenters. The maximum absolute atomic E-state index is 12.4. The Hall–Kier alpha value is -1.55. The van der Waals surface area contributed by atoms with Crippen LogP contribution in [0.2, 0.25) is 0 Å². The lowest BCUT2D eigenvalue weighted by Gasteiger charge is -2.34. The van der Waals surface area contributed by atoms with Gasteiger partial charge in [-0.05, 0) is 94.8 Å². The summed E-state index contributed by atoms with van der Waals surface area (Å²) in [7, 11) is 0. The highest BCUT2D eigenvalue weighted by Crippen LogP contribution is 2.22. The lowest BCUT2D eigenvalue weighted by atomic mass is 9.93. The monoisotopic (exact) mass is 358 g/mol. The van der Waals surface area contributed by atoms with Crippen LogP contribution in [0, 0.1) is 19.8 Å². The molecule has 2 heterocycles. The molecule has 0 radical (unpaired) electrons. The van der Waals surface area contributed by atoms with Crippen molar-refractivity contribution in [1.29, 1.82) is 0 Å². The van der Waals surface area contributed by atoms with E-state index in [-0.39, 0.29) is 12.5 Å². The van der Waals surface area contributed by atoms with Gasteiger partial charge in [0.1, 0.15) is 5.75 Å². The molecule has 26 heavy (non-hydrogen) atoms. The lowest BCUT2D eigenvalue weighted by molar-refractivity contribution is -0.134. The van der Waals surface area contributed by atoms with Crippen molar-refractivity contribution >= 4 is 5.91 Å². The van der Waals surface area contributed by atoms with E-state index < -0.39 is 0 Å². The minimum absolute atomic E-state index is 0.124. The molecule has 0 unspecified atom stereocenters. The highest BCUT2D eigenvalue weighted by atomic mass is 16.5. The molecule has 2 fully saturated rings. The topological polar surface area (TPSA) is 32.8 Å². The van der Waals surface area contributed by atoms with Crippen LogP contribution in [0.4, 0.5) is 0 Å². The van der Waals surface area contributed by atoms with Gasteiger partial charge in [-0.15, -0.1) is 0 Å². The van der Waals surface area contributed by atoms with Crippen LogP contribution < -0.4 is 4.74 Å². The molecule has 144 valence electrons. The van der Waals surface area contributed by atoms with Crippen molar-refractivity contribution in [2.75, 3.05) is 39.3 Å². The molecular formula is C22H34N2O2. The second kappa shape index (κ2) is 9.40. The molecule has 0 saturated carbocycles. The predicted octanol–water partition coefficient (Wildman–Crippen LogP) is 3.80. The van der Waals surface area contributed by atoms with Crippen LogP contribution in [0.25, 0.3) is 0 Å². The van der Waals surface area contributed by atoms with E-state index in [1.54, 1.807) is 0 Å². The van der Waals surface area contributed by atoms with E-state index in [0.717, 1.165) is 37.6 Å². The SMILES string of the molecule is Cc1cc(C)cc(OCC(=O)N2CCC(CCN3CCCCC3)CC2)c1. The average Bonchev–Trinajstić information content (AvgIpc) is 2.65. The molecule has 1 aromatic rings. The summed E-state index contributed by atoms with van der Waals surface area (Å²) in [5.41, 5.74) is 2.34. The first-order valence-electron chi connectivity index (χ1n) is 10.3. The van der Waals surface area contributed by atoms with Gasteiger partial charge in [-0.25, -0.2) is 0 Å². The fraction of sp³-hybridized carbons (Fsp3) is 0.682. The van der Waals surface area contributed by atoms with Crippen LogP contribution in [-0.2, 0) is 4.79 Å². The molecule has 2 aliphatic heterocycles. The van der Waals surface area contributed by atoms with Gasteiger partial charge < -0.3 is 14.5 Å². The molecule has 4 heteroatoms. The summed E-state index contributed by atoms with van der Waals surface area (Å²) in [6, 6.07) is 6.10. The van der Waals surface area contributed by atoms with Crippen LogP contribution in [0.1, 0.15) is 49.7 Å². The summed E-state index contributed by atoms with van der Waals surface area (Å²) in [4.78, 5) is 17.1. The number of piperidine rings is 2. The molecule has 1 amide bonds. The van der Waals surface area contributed by atoms with E-state index in [9.17, 15) is 4.79 Å². The number of benzene rings is 1. The predicted molar refractivity (Wildman–Crippen MR) is 106 cm³/mol. The van der Waals surface area contributed by atoms with Gasteiger partial charge in [0.25, 0.3) is 5.91 Å². The fourth-order valence-corrected chi connectivity index (χ4v) is 4.27. The Bertz CT molecular complexity index is 568. The van der Waals surface area contributed by atoms with Gasteiger partial charge in [0.15, 0.2) is 6.61 Å². The lowest BCUT2D eigenvalue weighted by Crippen LogP contribution is -2.41. The number of hydrogen-bond acceptors (Lipinski definition) is 3. The van der Waals surface area contributed by atoms with Gasteiger partial charge in [-0.1, -0.05) is 12.5 Å². The molecule has 1 aromatic carbocycles. The van der Waals surface area contributed by atoms with Crippen molar-refractivity contribution in [3.8, 4) is 5.75 Å². The molecule has 0 N–H and O–H groups in total. The fourth-order valence-electron chi connectivity index (χ4n) is 4.27. The Morgan fingerprint density at radius 1 is 1.00 bits per heavy atom. The van der Waals surface area contributed by atoms with Crippen molar-refractivity contribution in [2.45, 2.75) is 52.4 Å². The molecular weight excluding hydrogens is 324 g/mol. The Morgan fingerprint density at radius 3 is 2.31 bits per heavy atom. The maximum atomic E-state index is 12.4. The minimum atomic E-state index is 0.124. The van der Waals surface area contributed by atoms with E-state index in [1.165, 1.54) is 56.4 Å². The van der Waals surface area contributed by atoms with E-state index in [4.69, 9.17) is 4.74 Å². The molecule has 0 spiro atoms. The zero-order valence-electron chi connectivity index (χ0n) is 16.5. The van der Waals surface area contributed by atoms with E-state index in [0.29, 0.717) is 0 Å². The third-order valence-corrected chi connectivity index (χ3v) is 5.83. The first-order chi connectivity index (χ1) is 12.6. The number of amides is 1. The molecule has 2 aliphatic rings. The van der Waals surface area contributed by atoms with Crippen LogP contribution in [0.15, 0.2) is 18.2 Å². The smallest absolute Gasteiger partial charge is 0.260 e. The van der Waals surface area contributed by atoms with Gasteiger partial charge in [0.2, 0.25) is 0 Å². The van der Waals surface area contributed by atoms with Crippen molar-refractivity contribution in [3.63, 3.8) is 0 Å². The number of hydrogen-bond donors (Lipinski definition) is 0. The summed E-state index contributed by atoms with van der Waals surface area (Å²) < 4.78 is 5.74. The molecule has 0 bridgehead atoms. The van der Waals surface area contributed by atoms with E-state index in [1.807, 2.05) is 17.0 Å². The van der Waals surface area contributed by atoms with Crippen molar-refractivity contribution < 1.29 is 9.53 Å². The van der Waals surface area contributed by atoms with Gasteiger partial charge in [-0.2, -0.15) is 0 Å². The molecule has 2 saturated heterocycles. The van der Waals surface area contributed by atoms with Crippen LogP contribution in [0.5, 0.6) is 5.75 Å². The minimum Gasteiger partial charge on any atom is -0.484 e. The van der Waals surface area contributed by atoms with Gasteiger partial charge >= 0.3 is 0 Å². The van der Waals surface area contributed by atoms with Crippen LogP contribution in [-0.4, -0.2) is 55.0 Å². The Balaban J connectivity index is 1.36. The number of ether oxygens (including phenoxy) is 1. The number of nitrogens with zero attached hydrogens (tertiary/aromatic N) is 2. The van der Waals surface area contributed by atoms with Crippen molar-refractivity contribution in [3.05, 3.63) is 29.3 Å². The number of carbonyl (C=O) groups excluding carboxylic acids is 1. The Morgan fingerprint density at radius 2 is 1.65 bits per heavy atom. The largest absolute Gasteiger partial charge is 0.484 e. The standard InChI is InChI=1S/C22H34N2O2/c1-18-14-19(2)16-21(15-18)26-17-22(25)24-12-7-20(8-13-24)6-11-23-9-4-3-5-10-23/h14-16,20H,3-13,17H2,1-2H3. The summed E-state index contributed by atoms with van der Waals surface area (Å²) >= 11 is 0. The zero-order valence-corrected chi connectivity index (χ0v) is 16.5. The quantitative estimate of drug-likeness (QED) is 0.775. The first kappa shape index (κ1) is 19.2. The van der Waals surface area contributed by atoms with Gasteiger partial charge in [-0.3, -0.25) is 4.79 Å². The van der Waals surface area contributed by atoms with Crippen LogP contribution >= 0.6 is 0 Å². The van der Waals surface area contributed by atoms with Crippen molar-refractivity contribution in [1.82, 2.24) is 9.80 Å². The average molecular weight is 359 g/mol. The molecule has 0 aromatic heterocycles. The third-order valence-electron chi connectivity index (χ3n) is 5.83. The van der Waals surface area contributed by atoms with Crippen molar-refractivity contribution in [2.24, 2.45) is 5.92 Å². The summed E-state index contributed by atoms with van der Waals surface area (Å²) in [5.74, 6) is 1.70. The highest BCUT2D eigenvalue weighted by Gasteiger charge is 2.23. The Labute approximate surface area is 158 Å². The number of carbonyl (C=O) groups is 1. The third kappa shape index (κ3) is 5.73. The molecule has 0 aliphatic carbocycles. The maximum Gasteiger partial charge on any atom is 0.260 e. The van der Waals surface area contributed by atoms with E-state index in [2.05, 4.69) is 24.8 Å². The van der Waals surface area contributed by atoms with Gasteiger partial charge in [0.05, 0.1) is 0 Å². The second-order valence-corrected chi connectivity index (χ2v) is 8.13. The zero-order chi connectivity index (χ0) is 18.4. The first-order valence-corrected chi connectivity index (χ1v) is 10.3. The number of rotatable bonds is 6. The molecule has 3 rings (SSSR count). The second-order valence-electron chi connectivity index (χ2n) is 8.13. The summed E-state index contributed by atoms with van der Waals surface area (Å²) in [5, 5.41) is 0.